The first-order valence-electron chi connectivity index (χ1n) is 4.08. The Hall–Kier alpha value is -1.21. The maximum Gasteiger partial charge on any atom is 0.240 e. The summed E-state index contributed by atoms with van der Waals surface area (Å²) in [6.07, 6.45) is 0. The maximum absolute atomic E-state index is 10.6. The first kappa shape index (κ1) is 9.87. The third-order valence-electron chi connectivity index (χ3n) is 1.81. The molecule has 74 valence electrons. The van der Waals surface area contributed by atoms with Gasteiger partial charge in [-0.2, -0.15) is 10.1 Å². The molecule has 1 amide bonds. The first-order chi connectivity index (χ1) is 6.24. The first-order valence-corrected chi connectivity index (χ1v) is 4.08. The third kappa shape index (κ3) is 2.96. The van der Waals surface area contributed by atoms with Crippen molar-refractivity contribution < 1.29 is 4.79 Å². The van der Waals surface area contributed by atoms with E-state index in [0.29, 0.717) is 13.1 Å². The highest BCUT2D eigenvalue weighted by Gasteiger charge is 2.18. The third-order valence-corrected chi connectivity index (χ3v) is 1.81. The van der Waals surface area contributed by atoms with Crippen LogP contribution in [-0.2, 0) is 4.79 Å². The topological polar surface area (TPSA) is 91.0 Å². The van der Waals surface area contributed by atoms with Gasteiger partial charge in [0.05, 0.1) is 5.29 Å². The molecule has 0 unspecified atom stereocenters. The summed E-state index contributed by atoms with van der Waals surface area (Å²) < 4.78 is 0. The molecule has 0 atom stereocenters. The van der Waals surface area contributed by atoms with Gasteiger partial charge >= 0.3 is 0 Å². The van der Waals surface area contributed by atoms with Crippen LogP contribution in [0.3, 0.4) is 0 Å². The summed E-state index contributed by atoms with van der Waals surface area (Å²) in [7, 11) is 0. The second-order valence-corrected chi connectivity index (χ2v) is 2.78. The lowest BCUT2D eigenvalue weighted by Gasteiger charge is -2.32. The molecule has 1 aliphatic heterocycles. The number of carbonyl (C=O) groups is 1. The molecular weight excluding hydrogens is 174 g/mol. The van der Waals surface area contributed by atoms with Crippen LogP contribution >= 0.6 is 0 Å². The second-order valence-electron chi connectivity index (χ2n) is 2.78. The minimum atomic E-state index is -0.557. The number of nitroso groups, excluding NO2 is 1. The quantitative estimate of drug-likeness (QED) is 0.403. The number of amides is 1. The summed E-state index contributed by atoms with van der Waals surface area (Å²) in [5, 5.41) is 8.63. The lowest BCUT2D eigenvalue weighted by Crippen LogP contribution is -2.52. The highest BCUT2D eigenvalue weighted by molar-refractivity contribution is 5.75. The van der Waals surface area contributed by atoms with Crippen molar-refractivity contribution in [2.45, 2.75) is 0 Å². The molecule has 1 aliphatic rings. The second kappa shape index (κ2) is 4.73. The number of rotatable bonds is 4. The van der Waals surface area contributed by atoms with Gasteiger partial charge in [0, 0.05) is 26.2 Å². The maximum atomic E-state index is 10.6. The number of hydrogen-bond acceptors (Lipinski definition) is 5. The molecule has 13 heavy (non-hydrogen) atoms. The van der Waals surface area contributed by atoms with Crippen molar-refractivity contribution in [2.75, 3.05) is 32.7 Å². The SMILES string of the molecule is NC(=O)CN(N=O)N1CCNCC1. The molecule has 0 aromatic carbocycles. The molecule has 0 aliphatic carbocycles. The molecule has 0 bridgehead atoms. The molecule has 7 nitrogen and oxygen atoms in total. The van der Waals surface area contributed by atoms with Gasteiger partial charge in [-0.1, -0.05) is 0 Å². The van der Waals surface area contributed by atoms with Crippen LogP contribution in [0.4, 0.5) is 0 Å². The van der Waals surface area contributed by atoms with Crippen LogP contribution in [0.2, 0.25) is 0 Å². The summed E-state index contributed by atoms with van der Waals surface area (Å²) in [4.78, 5) is 20.9. The molecular formula is C6H13N5O2. The minimum Gasteiger partial charge on any atom is -0.368 e. The molecule has 1 heterocycles. The smallest absolute Gasteiger partial charge is 0.240 e. The van der Waals surface area contributed by atoms with E-state index in [4.69, 9.17) is 5.73 Å². The Bertz CT molecular complexity index is 191. The van der Waals surface area contributed by atoms with Gasteiger partial charge in [0.2, 0.25) is 5.91 Å². The van der Waals surface area contributed by atoms with Crippen LogP contribution in [0.1, 0.15) is 0 Å². The number of nitrogens with two attached hydrogens (primary N) is 1. The standard InChI is InChI=1S/C6H13N5O2/c7-6(12)5-11(9-13)10-3-1-8-2-4-10/h8H,1-5H2,(H2,7,12). The van der Waals surface area contributed by atoms with Crippen LogP contribution in [0.25, 0.3) is 0 Å². The van der Waals surface area contributed by atoms with E-state index in [1.165, 1.54) is 0 Å². The predicted octanol–water partition coefficient (Wildman–Crippen LogP) is -1.72. The van der Waals surface area contributed by atoms with Crippen molar-refractivity contribution in [3.8, 4) is 0 Å². The zero-order chi connectivity index (χ0) is 9.68. The van der Waals surface area contributed by atoms with Gasteiger partial charge in [-0.15, -0.1) is 4.91 Å². The van der Waals surface area contributed by atoms with Crippen LogP contribution in [0.5, 0.6) is 0 Å². The molecule has 1 fully saturated rings. The molecule has 3 N–H and O–H groups in total. The summed E-state index contributed by atoms with van der Waals surface area (Å²) in [6.45, 7) is 2.75. The van der Waals surface area contributed by atoms with E-state index in [0.717, 1.165) is 18.2 Å². The van der Waals surface area contributed by atoms with E-state index in [-0.39, 0.29) is 6.54 Å². The highest BCUT2D eigenvalue weighted by atomic mass is 16.3. The largest absolute Gasteiger partial charge is 0.368 e. The van der Waals surface area contributed by atoms with Crippen molar-refractivity contribution in [1.29, 1.82) is 0 Å². The average molecular weight is 187 g/mol. The molecule has 0 saturated carbocycles. The number of carbonyl (C=O) groups excluding carboxylic acids is 1. The fourth-order valence-electron chi connectivity index (χ4n) is 1.20. The van der Waals surface area contributed by atoms with E-state index in [9.17, 15) is 9.70 Å². The van der Waals surface area contributed by atoms with Gasteiger partial charge in [-0.25, -0.2) is 0 Å². The van der Waals surface area contributed by atoms with Crippen LogP contribution in [0.15, 0.2) is 5.29 Å². The summed E-state index contributed by atoms with van der Waals surface area (Å²) >= 11 is 0. The van der Waals surface area contributed by atoms with Crippen molar-refractivity contribution in [3.63, 3.8) is 0 Å². The fraction of sp³-hybridized carbons (Fsp3) is 0.833. The zero-order valence-electron chi connectivity index (χ0n) is 7.27. The number of nitrogens with zero attached hydrogens (tertiary/aromatic N) is 3. The Morgan fingerprint density at radius 2 is 2.15 bits per heavy atom. The Balaban J connectivity index is 2.43. The monoisotopic (exact) mass is 187 g/mol. The lowest BCUT2D eigenvalue weighted by atomic mass is 10.4. The number of primary amides is 1. The van der Waals surface area contributed by atoms with Gasteiger partial charge in [0.1, 0.15) is 6.54 Å². The van der Waals surface area contributed by atoms with E-state index < -0.39 is 5.91 Å². The number of hydrogen-bond donors (Lipinski definition) is 2. The molecule has 0 aromatic heterocycles. The van der Waals surface area contributed by atoms with Crippen molar-refractivity contribution >= 4 is 5.91 Å². The normalized spacial score (nSPS) is 18.2. The summed E-state index contributed by atoms with van der Waals surface area (Å²) in [6, 6.07) is 0. The number of piperazine rings is 1. The highest BCUT2D eigenvalue weighted by Crippen LogP contribution is 1.99. The molecule has 0 spiro atoms. The van der Waals surface area contributed by atoms with Crippen LogP contribution in [-0.4, -0.2) is 48.8 Å². The minimum absolute atomic E-state index is 0.149. The van der Waals surface area contributed by atoms with Crippen molar-refractivity contribution in [1.82, 2.24) is 15.4 Å². The summed E-state index contributed by atoms with van der Waals surface area (Å²) in [5.74, 6) is -0.557. The Labute approximate surface area is 75.8 Å². The number of hydrazine groups is 1. The predicted molar refractivity (Wildman–Crippen MR) is 46.1 cm³/mol. The average Bonchev–Trinajstić information content (AvgIpc) is 2.15. The van der Waals surface area contributed by atoms with E-state index in [1.807, 2.05) is 0 Å². The number of nitrogens with one attached hydrogen (secondary N) is 1. The molecule has 0 radical (unpaired) electrons. The summed E-state index contributed by atoms with van der Waals surface area (Å²) in [5.41, 5.74) is 4.95. The Morgan fingerprint density at radius 3 is 2.62 bits per heavy atom. The fourth-order valence-corrected chi connectivity index (χ4v) is 1.20. The van der Waals surface area contributed by atoms with Crippen LogP contribution < -0.4 is 11.1 Å². The van der Waals surface area contributed by atoms with Gasteiger partial charge in [0.25, 0.3) is 0 Å². The van der Waals surface area contributed by atoms with Crippen molar-refractivity contribution in [3.05, 3.63) is 4.91 Å². The zero-order valence-corrected chi connectivity index (χ0v) is 7.27. The van der Waals surface area contributed by atoms with E-state index in [2.05, 4.69) is 10.6 Å². The molecule has 1 saturated heterocycles. The Morgan fingerprint density at radius 1 is 1.54 bits per heavy atom. The van der Waals surface area contributed by atoms with E-state index in [1.54, 1.807) is 5.01 Å². The molecule has 1 rings (SSSR count). The molecule has 0 aromatic rings. The van der Waals surface area contributed by atoms with Gasteiger partial charge < -0.3 is 11.1 Å². The van der Waals surface area contributed by atoms with Gasteiger partial charge in [-0.3, -0.25) is 4.79 Å². The Kier molecular flexibility index (Phi) is 3.59. The van der Waals surface area contributed by atoms with Crippen molar-refractivity contribution in [2.24, 2.45) is 11.0 Å². The van der Waals surface area contributed by atoms with Gasteiger partial charge in [-0.05, 0) is 0 Å². The van der Waals surface area contributed by atoms with E-state index >= 15 is 0 Å². The lowest BCUT2D eigenvalue weighted by molar-refractivity contribution is -0.125. The van der Waals surface area contributed by atoms with Gasteiger partial charge in [0.15, 0.2) is 0 Å². The molecule has 7 heteroatoms. The van der Waals surface area contributed by atoms with Crippen LogP contribution in [0, 0.1) is 4.91 Å².